The zero-order chi connectivity index (χ0) is 17.4. The van der Waals surface area contributed by atoms with E-state index in [0.717, 1.165) is 12.8 Å². The molecule has 0 radical (unpaired) electrons. The van der Waals surface area contributed by atoms with Crippen LogP contribution >= 0.6 is 11.6 Å². The zero-order valence-electron chi connectivity index (χ0n) is 13.0. The maximum absolute atomic E-state index is 12.1. The van der Waals surface area contributed by atoms with Crippen molar-refractivity contribution in [2.24, 2.45) is 11.0 Å². The first kappa shape index (κ1) is 18.1. The molecule has 1 unspecified atom stereocenters. The summed E-state index contributed by atoms with van der Waals surface area (Å²) in [6.07, 6.45) is 8.09. The molecule has 128 valence electrons. The first-order valence-corrected chi connectivity index (χ1v) is 8.04. The van der Waals surface area contributed by atoms with Crippen molar-refractivity contribution in [2.45, 2.75) is 32.1 Å². The first-order valence-electron chi connectivity index (χ1n) is 7.66. The highest BCUT2D eigenvalue weighted by molar-refractivity contribution is 6.31. The fourth-order valence-electron chi connectivity index (χ4n) is 2.48. The van der Waals surface area contributed by atoms with Gasteiger partial charge in [-0.05, 0) is 43.7 Å². The van der Waals surface area contributed by atoms with E-state index in [1.165, 1.54) is 6.21 Å². The minimum atomic E-state index is -0.383. The SMILES string of the molecule is O=C(CCC1CC=C(C(=O)N/N=C/c2cccnc2Cl)CC1)NO. The number of aromatic nitrogens is 1. The molecule has 1 aromatic rings. The minimum Gasteiger partial charge on any atom is -0.289 e. The Kier molecular flexibility index (Phi) is 6.89. The predicted molar refractivity (Wildman–Crippen MR) is 89.6 cm³/mol. The lowest BCUT2D eigenvalue weighted by Gasteiger charge is -2.20. The molecular weight excluding hydrogens is 332 g/mol. The molecule has 1 atom stereocenters. The second-order valence-corrected chi connectivity index (χ2v) is 5.88. The van der Waals surface area contributed by atoms with Crippen LogP contribution in [0.15, 0.2) is 35.1 Å². The highest BCUT2D eigenvalue weighted by Crippen LogP contribution is 2.27. The van der Waals surface area contributed by atoms with Crippen LogP contribution in [-0.4, -0.2) is 28.2 Å². The number of nitrogens with one attached hydrogen (secondary N) is 2. The molecule has 0 aliphatic heterocycles. The highest BCUT2D eigenvalue weighted by Gasteiger charge is 2.19. The summed E-state index contributed by atoms with van der Waals surface area (Å²) >= 11 is 5.90. The monoisotopic (exact) mass is 350 g/mol. The Morgan fingerprint density at radius 1 is 1.50 bits per heavy atom. The van der Waals surface area contributed by atoms with Gasteiger partial charge < -0.3 is 0 Å². The molecule has 8 heteroatoms. The third-order valence-corrected chi connectivity index (χ3v) is 4.19. The fraction of sp³-hybridized carbons (Fsp3) is 0.375. The molecule has 1 aliphatic carbocycles. The molecule has 0 aromatic carbocycles. The molecule has 1 heterocycles. The number of halogens is 1. The summed E-state index contributed by atoms with van der Waals surface area (Å²) in [5.41, 5.74) is 5.42. The van der Waals surface area contributed by atoms with Gasteiger partial charge in [0.2, 0.25) is 5.91 Å². The van der Waals surface area contributed by atoms with Gasteiger partial charge in [-0.3, -0.25) is 14.8 Å². The number of pyridine rings is 1. The van der Waals surface area contributed by atoms with Gasteiger partial charge in [0.05, 0.1) is 6.21 Å². The second kappa shape index (κ2) is 9.14. The lowest BCUT2D eigenvalue weighted by molar-refractivity contribution is -0.129. The molecule has 3 N–H and O–H groups in total. The van der Waals surface area contributed by atoms with Crippen molar-refractivity contribution in [2.75, 3.05) is 0 Å². The van der Waals surface area contributed by atoms with Crippen LogP contribution in [0.4, 0.5) is 0 Å². The van der Waals surface area contributed by atoms with Crippen molar-refractivity contribution in [3.05, 3.63) is 40.7 Å². The number of hydrazone groups is 1. The van der Waals surface area contributed by atoms with Gasteiger partial charge >= 0.3 is 0 Å². The molecule has 1 aliphatic rings. The maximum atomic E-state index is 12.1. The van der Waals surface area contributed by atoms with Crippen LogP contribution in [0.1, 0.15) is 37.7 Å². The molecule has 2 rings (SSSR count). The third kappa shape index (κ3) is 5.43. The van der Waals surface area contributed by atoms with E-state index in [-0.39, 0.29) is 18.2 Å². The summed E-state index contributed by atoms with van der Waals surface area (Å²) in [6.45, 7) is 0. The highest BCUT2D eigenvalue weighted by atomic mass is 35.5. The van der Waals surface area contributed by atoms with Crippen molar-refractivity contribution in [1.29, 1.82) is 0 Å². The van der Waals surface area contributed by atoms with Gasteiger partial charge in [-0.1, -0.05) is 17.7 Å². The number of carbonyl (C=O) groups is 2. The molecule has 0 fully saturated rings. The van der Waals surface area contributed by atoms with E-state index in [0.29, 0.717) is 35.0 Å². The summed E-state index contributed by atoms with van der Waals surface area (Å²) < 4.78 is 0. The van der Waals surface area contributed by atoms with E-state index in [9.17, 15) is 9.59 Å². The lowest BCUT2D eigenvalue weighted by atomic mass is 9.86. The van der Waals surface area contributed by atoms with Crippen LogP contribution in [0, 0.1) is 5.92 Å². The van der Waals surface area contributed by atoms with Crippen LogP contribution in [0.25, 0.3) is 0 Å². The van der Waals surface area contributed by atoms with Crippen molar-refractivity contribution in [3.63, 3.8) is 0 Å². The molecular formula is C16H19ClN4O3. The van der Waals surface area contributed by atoms with Crippen molar-refractivity contribution in [3.8, 4) is 0 Å². The molecule has 0 spiro atoms. The summed E-state index contributed by atoms with van der Waals surface area (Å²) in [6, 6.07) is 3.48. The minimum absolute atomic E-state index is 0.238. The lowest BCUT2D eigenvalue weighted by Crippen LogP contribution is -2.23. The van der Waals surface area contributed by atoms with Gasteiger partial charge in [-0.2, -0.15) is 5.10 Å². The Hall–Kier alpha value is -2.25. The van der Waals surface area contributed by atoms with Gasteiger partial charge in [0, 0.05) is 23.8 Å². The molecule has 7 nitrogen and oxygen atoms in total. The van der Waals surface area contributed by atoms with Crippen molar-refractivity contribution >= 4 is 29.6 Å². The number of allylic oxidation sites excluding steroid dienone is 1. The van der Waals surface area contributed by atoms with Crippen LogP contribution in [0.2, 0.25) is 5.15 Å². The number of carbonyl (C=O) groups excluding carboxylic acids is 2. The number of amides is 2. The van der Waals surface area contributed by atoms with Gasteiger partial charge in [0.25, 0.3) is 5.91 Å². The molecule has 2 amide bonds. The Morgan fingerprint density at radius 3 is 3.00 bits per heavy atom. The van der Waals surface area contributed by atoms with E-state index in [1.54, 1.807) is 23.8 Å². The van der Waals surface area contributed by atoms with Crippen LogP contribution in [-0.2, 0) is 9.59 Å². The number of rotatable bonds is 6. The third-order valence-electron chi connectivity index (χ3n) is 3.87. The molecule has 0 saturated carbocycles. The van der Waals surface area contributed by atoms with E-state index in [2.05, 4.69) is 15.5 Å². The topological polar surface area (TPSA) is 104 Å². The molecule has 0 bridgehead atoms. The summed E-state index contributed by atoms with van der Waals surface area (Å²) in [5.74, 6) is -0.278. The Labute approximate surface area is 144 Å². The summed E-state index contributed by atoms with van der Waals surface area (Å²) in [5, 5.41) is 12.7. The molecule has 1 aromatic heterocycles. The Balaban J connectivity index is 1.80. The average Bonchev–Trinajstić information content (AvgIpc) is 2.61. The van der Waals surface area contributed by atoms with Crippen molar-refractivity contribution < 1.29 is 14.8 Å². The Bertz CT molecular complexity index is 660. The fourth-order valence-corrected chi connectivity index (χ4v) is 2.64. The van der Waals surface area contributed by atoms with Gasteiger partial charge in [0.1, 0.15) is 5.15 Å². The van der Waals surface area contributed by atoms with Gasteiger partial charge in [0.15, 0.2) is 0 Å². The first-order chi connectivity index (χ1) is 11.6. The van der Waals surface area contributed by atoms with Crippen LogP contribution in [0.3, 0.4) is 0 Å². The van der Waals surface area contributed by atoms with E-state index in [4.69, 9.17) is 16.8 Å². The van der Waals surface area contributed by atoms with Gasteiger partial charge in [-0.25, -0.2) is 15.9 Å². The smallest absolute Gasteiger partial charge is 0.266 e. The second-order valence-electron chi connectivity index (χ2n) is 5.53. The normalized spacial score (nSPS) is 17.4. The predicted octanol–water partition coefficient (Wildman–Crippen LogP) is 2.20. The summed E-state index contributed by atoms with van der Waals surface area (Å²) in [7, 11) is 0. The average molecular weight is 351 g/mol. The standard InChI is InChI=1S/C16H19ClN4O3/c17-15-13(2-1-9-18-15)10-19-20-16(23)12-6-3-11(4-7-12)5-8-14(22)21-24/h1-2,6,9-11,24H,3-5,7-8H2,(H,20,23)(H,21,22)/b19-10+. The summed E-state index contributed by atoms with van der Waals surface area (Å²) in [4.78, 5) is 27.0. The molecule has 24 heavy (non-hydrogen) atoms. The number of hydrogen-bond acceptors (Lipinski definition) is 5. The van der Waals surface area contributed by atoms with E-state index >= 15 is 0 Å². The quantitative estimate of drug-likeness (QED) is 0.316. The number of hydroxylamine groups is 1. The number of nitrogens with zero attached hydrogens (tertiary/aromatic N) is 2. The van der Waals surface area contributed by atoms with Gasteiger partial charge in [-0.15, -0.1) is 0 Å². The van der Waals surface area contributed by atoms with Crippen LogP contribution < -0.4 is 10.9 Å². The zero-order valence-corrected chi connectivity index (χ0v) is 13.8. The van der Waals surface area contributed by atoms with Crippen molar-refractivity contribution in [1.82, 2.24) is 15.9 Å². The largest absolute Gasteiger partial charge is 0.289 e. The Morgan fingerprint density at radius 2 is 2.33 bits per heavy atom. The maximum Gasteiger partial charge on any atom is 0.266 e. The molecule has 0 saturated heterocycles. The number of hydrogen-bond donors (Lipinski definition) is 3. The van der Waals surface area contributed by atoms with E-state index < -0.39 is 0 Å². The van der Waals surface area contributed by atoms with E-state index in [1.807, 2.05) is 6.08 Å². The van der Waals surface area contributed by atoms with Crippen LogP contribution in [0.5, 0.6) is 0 Å².